The maximum Gasteiger partial charge on any atom is 0.132 e. The number of aryl methyl sites for hydroxylation is 1. The zero-order chi connectivity index (χ0) is 8.27. The van der Waals surface area contributed by atoms with Crippen molar-refractivity contribution < 1.29 is 0 Å². The molecule has 0 saturated carbocycles. The predicted octanol–water partition coefficient (Wildman–Crippen LogP) is 3.04. The summed E-state index contributed by atoms with van der Waals surface area (Å²) in [4.78, 5) is 4.00. The molecule has 60 valence electrons. The lowest BCUT2D eigenvalue weighted by atomic mass is 10.2. The molecule has 0 fully saturated rings. The van der Waals surface area contributed by atoms with Crippen molar-refractivity contribution in [3.63, 3.8) is 0 Å². The van der Waals surface area contributed by atoms with Crippen LogP contribution in [0.1, 0.15) is 18.1 Å². The molecular weight excluding hydrogens is 181 g/mol. The Morgan fingerprint density at radius 2 is 2.27 bits per heavy atom. The van der Waals surface area contributed by atoms with Crippen LogP contribution < -0.4 is 0 Å². The average molecular weight is 190 g/mol. The molecule has 1 nitrogen and oxygen atoms in total. The molecule has 0 radical (unpaired) electrons. The summed E-state index contributed by atoms with van der Waals surface area (Å²) < 4.78 is 0. The Balaban J connectivity index is 3.02. The standard InChI is InChI=1S/C8H9Cl2N/c1-2-7-3-6(4-9)5-11-8(7)10/h3,5H,2,4H2,1H3. The van der Waals surface area contributed by atoms with Gasteiger partial charge >= 0.3 is 0 Å². The van der Waals surface area contributed by atoms with E-state index in [2.05, 4.69) is 4.98 Å². The minimum atomic E-state index is 0.497. The molecule has 0 aromatic carbocycles. The average Bonchev–Trinajstić information content (AvgIpc) is 2.05. The summed E-state index contributed by atoms with van der Waals surface area (Å²) >= 11 is 11.4. The van der Waals surface area contributed by atoms with Crippen molar-refractivity contribution in [2.24, 2.45) is 0 Å². The zero-order valence-electron chi connectivity index (χ0n) is 6.27. The van der Waals surface area contributed by atoms with Crippen molar-refractivity contribution in [1.82, 2.24) is 4.98 Å². The van der Waals surface area contributed by atoms with Crippen LogP contribution in [0.5, 0.6) is 0 Å². The molecule has 3 heteroatoms. The number of aromatic nitrogens is 1. The Morgan fingerprint density at radius 3 is 2.82 bits per heavy atom. The first-order chi connectivity index (χ1) is 5.27. The molecule has 1 rings (SSSR count). The highest BCUT2D eigenvalue weighted by atomic mass is 35.5. The molecule has 0 atom stereocenters. The molecule has 0 aliphatic heterocycles. The van der Waals surface area contributed by atoms with Gasteiger partial charge < -0.3 is 0 Å². The lowest BCUT2D eigenvalue weighted by Crippen LogP contribution is -1.89. The summed E-state index contributed by atoms with van der Waals surface area (Å²) in [5.74, 6) is 0.497. The van der Waals surface area contributed by atoms with Crippen LogP contribution in [0.2, 0.25) is 5.15 Å². The third-order valence-corrected chi connectivity index (χ3v) is 2.15. The highest BCUT2D eigenvalue weighted by Gasteiger charge is 1.99. The fraction of sp³-hybridized carbons (Fsp3) is 0.375. The molecule has 0 N–H and O–H groups in total. The first-order valence-corrected chi connectivity index (χ1v) is 4.38. The molecule has 0 aliphatic rings. The van der Waals surface area contributed by atoms with E-state index < -0.39 is 0 Å². The largest absolute Gasteiger partial charge is 0.244 e. The Hall–Kier alpha value is -0.270. The second-order valence-corrected chi connectivity index (χ2v) is 2.91. The van der Waals surface area contributed by atoms with E-state index in [1.165, 1.54) is 0 Å². The number of hydrogen-bond donors (Lipinski definition) is 0. The molecule has 11 heavy (non-hydrogen) atoms. The molecule has 1 heterocycles. The van der Waals surface area contributed by atoms with E-state index in [1.54, 1.807) is 6.20 Å². The van der Waals surface area contributed by atoms with Crippen LogP contribution >= 0.6 is 23.2 Å². The van der Waals surface area contributed by atoms with E-state index in [0.29, 0.717) is 11.0 Å². The molecule has 0 unspecified atom stereocenters. The van der Waals surface area contributed by atoms with E-state index >= 15 is 0 Å². The van der Waals surface area contributed by atoms with Gasteiger partial charge in [-0.3, -0.25) is 0 Å². The minimum absolute atomic E-state index is 0.497. The summed E-state index contributed by atoms with van der Waals surface area (Å²) in [6.45, 7) is 2.04. The van der Waals surface area contributed by atoms with Crippen molar-refractivity contribution >= 4 is 23.2 Å². The van der Waals surface area contributed by atoms with E-state index in [0.717, 1.165) is 17.5 Å². The highest BCUT2D eigenvalue weighted by Crippen LogP contribution is 2.15. The maximum atomic E-state index is 5.80. The van der Waals surface area contributed by atoms with Crippen LogP contribution in [-0.4, -0.2) is 4.98 Å². The Bertz CT molecular complexity index is 248. The van der Waals surface area contributed by atoms with Gasteiger partial charge in [-0.05, 0) is 17.5 Å². The second kappa shape index (κ2) is 3.93. The van der Waals surface area contributed by atoms with E-state index in [1.807, 2.05) is 13.0 Å². The monoisotopic (exact) mass is 189 g/mol. The molecule has 0 amide bonds. The summed E-state index contributed by atoms with van der Waals surface area (Å²) in [5, 5.41) is 0.585. The van der Waals surface area contributed by atoms with Gasteiger partial charge in [0.2, 0.25) is 0 Å². The maximum absolute atomic E-state index is 5.80. The fourth-order valence-electron chi connectivity index (χ4n) is 0.864. The quantitative estimate of drug-likeness (QED) is 0.515. The van der Waals surface area contributed by atoms with Gasteiger partial charge in [0.25, 0.3) is 0 Å². The van der Waals surface area contributed by atoms with Crippen LogP contribution in [0.4, 0.5) is 0 Å². The normalized spacial score (nSPS) is 10.1. The van der Waals surface area contributed by atoms with Gasteiger partial charge in [-0.15, -0.1) is 11.6 Å². The smallest absolute Gasteiger partial charge is 0.132 e. The second-order valence-electron chi connectivity index (χ2n) is 2.28. The van der Waals surface area contributed by atoms with Crippen molar-refractivity contribution in [3.8, 4) is 0 Å². The van der Waals surface area contributed by atoms with Gasteiger partial charge in [0.15, 0.2) is 0 Å². The number of alkyl halides is 1. The Labute approximate surface area is 76.4 Å². The van der Waals surface area contributed by atoms with Gasteiger partial charge in [-0.2, -0.15) is 0 Å². The molecule has 1 aromatic heterocycles. The number of rotatable bonds is 2. The summed E-state index contributed by atoms with van der Waals surface area (Å²) in [7, 11) is 0. The van der Waals surface area contributed by atoms with Crippen molar-refractivity contribution in [1.29, 1.82) is 0 Å². The first-order valence-electron chi connectivity index (χ1n) is 3.47. The number of nitrogens with zero attached hydrogens (tertiary/aromatic N) is 1. The van der Waals surface area contributed by atoms with Crippen molar-refractivity contribution in [2.75, 3.05) is 0 Å². The van der Waals surface area contributed by atoms with Crippen LogP contribution in [0.25, 0.3) is 0 Å². The van der Waals surface area contributed by atoms with E-state index in [-0.39, 0.29) is 0 Å². The van der Waals surface area contributed by atoms with Gasteiger partial charge in [0, 0.05) is 12.1 Å². The lowest BCUT2D eigenvalue weighted by molar-refractivity contribution is 1.08. The SMILES string of the molecule is CCc1cc(CCl)cnc1Cl. The number of hydrogen-bond acceptors (Lipinski definition) is 1. The summed E-state index contributed by atoms with van der Waals surface area (Å²) in [5.41, 5.74) is 2.08. The molecule has 0 spiro atoms. The molecule has 0 aliphatic carbocycles. The molecule has 1 aromatic rings. The molecular formula is C8H9Cl2N. The van der Waals surface area contributed by atoms with E-state index in [4.69, 9.17) is 23.2 Å². The van der Waals surface area contributed by atoms with Gasteiger partial charge in [0.1, 0.15) is 5.15 Å². The van der Waals surface area contributed by atoms with Gasteiger partial charge in [-0.1, -0.05) is 24.6 Å². The van der Waals surface area contributed by atoms with Crippen LogP contribution in [0, 0.1) is 0 Å². The van der Waals surface area contributed by atoms with Crippen LogP contribution in [-0.2, 0) is 12.3 Å². The highest BCUT2D eigenvalue weighted by molar-refractivity contribution is 6.30. The number of halogens is 2. The third kappa shape index (κ3) is 2.08. The molecule has 0 saturated heterocycles. The third-order valence-electron chi connectivity index (χ3n) is 1.50. The van der Waals surface area contributed by atoms with E-state index in [9.17, 15) is 0 Å². The van der Waals surface area contributed by atoms with Crippen LogP contribution in [0.15, 0.2) is 12.3 Å². The first kappa shape index (κ1) is 8.82. The molecule has 0 bridgehead atoms. The summed E-state index contributed by atoms with van der Waals surface area (Å²) in [6.07, 6.45) is 2.60. The topological polar surface area (TPSA) is 12.9 Å². The lowest BCUT2D eigenvalue weighted by Gasteiger charge is -2.00. The van der Waals surface area contributed by atoms with Crippen LogP contribution in [0.3, 0.4) is 0 Å². The summed E-state index contributed by atoms with van der Waals surface area (Å²) in [6, 6.07) is 1.99. The fourth-order valence-corrected chi connectivity index (χ4v) is 1.25. The van der Waals surface area contributed by atoms with Gasteiger partial charge in [0.05, 0.1) is 0 Å². The van der Waals surface area contributed by atoms with Crippen molar-refractivity contribution in [2.45, 2.75) is 19.2 Å². The Morgan fingerprint density at radius 1 is 1.55 bits per heavy atom. The zero-order valence-corrected chi connectivity index (χ0v) is 7.78. The van der Waals surface area contributed by atoms with Gasteiger partial charge in [-0.25, -0.2) is 4.98 Å². The Kier molecular flexibility index (Phi) is 3.16. The predicted molar refractivity (Wildman–Crippen MR) is 48.2 cm³/mol. The minimum Gasteiger partial charge on any atom is -0.244 e. The van der Waals surface area contributed by atoms with Crippen molar-refractivity contribution in [3.05, 3.63) is 28.5 Å². The number of pyridine rings is 1.